The minimum Gasteiger partial charge on any atom is -0.354 e. The van der Waals surface area contributed by atoms with Gasteiger partial charge in [0.2, 0.25) is 11.8 Å². The summed E-state index contributed by atoms with van der Waals surface area (Å²) in [5.74, 6) is 0.0765. The minimum absolute atomic E-state index is 0.0149. The van der Waals surface area contributed by atoms with E-state index in [4.69, 9.17) is 0 Å². The van der Waals surface area contributed by atoms with Crippen molar-refractivity contribution in [1.82, 2.24) is 10.6 Å². The first-order valence-electron chi connectivity index (χ1n) is 5.74. The maximum Gasteiger partial charge on any atom is 0.242 e. The molecular weight excluding hydrogens is 244 g/mol. The highest BCUT2D eigenvalue weighted by atomic mass is 32.2. The van der Waals surface area contributed by atoms with Gasteiger partial charge in [-0.3, -0.25) is 9.59 Å². The number of amides is 2. The molecule has 0 spiro atoms. The van der Waals surface area contributed by atoms with Crippen molar-refractivity contribution in [3.8, 4) is 0 Å². The zero-order chi connectivity index (χ0) is 12.5. The summed E-state index contributed by atoms with van der Waals surface area (Å²) in [5, 5.41) is 5.28. The molecule has 96 valence electrons. The van der Waals surface area contributed by atoms with Crippen molar-refractivity contribution >= 4 is 21.7 Å². The highest BCUT2D eigenvalue weighted by molar-refractivity contribution is 7.91. The lowest BCUT2D eigenvalue weighted by Crippen LogP contribution is -2.43. The molecule has 6 nitrogen and oxygen atoms in total. The van der Waals surface area contributed by atoms with Crippen LogP contribution in [0.15, 0.2) is 0 Å². The maximum absolute atomic E-state index is 11.6. The Balaban J connectivity index is 1.75. The van der Waals surface area contributed by atoms with E-state index in [1.165, 1.54) is 0 Å². The number of carbonyl (C=O) groups excluding carboxylic acids is 2. The van der Waals surface area contributed by atoms with Crippen LogP contribution in [0.2, 0.25) is 0 Å². The molecule has 0 aromatic rings. The fourth-order valence-corrected chi connectivity index (χ4v) is 4.07. The topological polar surface area (TPSA) is 92.3 Å². The van der Waals surface area contributed by atoms with E-state index in [2.05, 4.69) is 10.6 Å². The fraction of sp³-hybridized carbons (Fsp3) is 0.800. The number of hydrogen-bond acceptors (Lipinski definition) is 4. The van der Waals surface area contributed by atoms with Gasteiger partial charge in [-0.05, 0) is 18.8 Å². The molecule has 0 aromatic heterocycles. The first kappa shape index (κ1) is 12.3. The van der Waals surface area contributed by atoms with Gasteiger partial charge in [-0.1, -0.05) is 0 Å². The number of nitrogens with one attached hydrogen (secondary N) is 2. The summed E-state index contributed by atoms with van der Waals surface area (Å²) in [6.07, 6.45) is 1.52. The third-order valence-corrected chi connectivity index (χ3v) is 5.04. The summed E-state index contributed by atoms with van der Waals surface area (Å²) in [5.41, 5.74) is 0. The van der Waals surface area contributed by atoms with E-state index in [0.29, 0.717) is 25.8 Å². The van der Waals surface area contributed by atoms with Gasteiger partial charge in [0.25, 0.3) is 0 Å². The SMILES string of the molecule is O=C1CCC(C(=O)NCC2CCS(=O)(=O)C2)N1. The van der Waals surface area contributed by atoms with Crippen LogP contribution < -0.4 is 10.6 Å². The van der Waals surface area contributed by atoms with E-state index in [-0.39, 0.29) is 29.2 Å². The molecule has 0 radical (unpaired) electrons. The Bertz CT molecular complexity index is 432. The predicted molar refractivity (Wildman–Crippen MR) is 60.9 cm³/mol. The van der Waals surface area contributed by atoms with E-state index in [0.717, 1.165) is 0 Å². The fourth-order valence-electron chi connectivity index (χ4n) is 2.21. The zero-order valence-corrected chi connectivity index (χ0v) is 10.3. The average molecular weight is 260 g/mol. The molecule has 0 saturated carbocycles. The van der Waals surface area contributed by atoms with Gasteiger partial charge in [-0.15, -0.1) is 0 Å². The summed E-state index contributed by atoms with van der Waals surface area (Å²) in [6, 6.07) is -0.444. The maximum atomic E-state index is 11.6. The molecule has 2 aliphatic rings. The Hall–Kier alpha value is -1.11. The van der Waals surface area contributed by atoms with Crippen molar-refractivity contribution in [3.63, 3.8) is 0 Å². The summed E-state index contributed by atoms with van der Waals surface area (Å²) in [7, 11) is -2.89. The van der Waals surface area contributed by atoms with Crippen LogP contribution in [0.1, 0.15) is 19.3 Å². The second-order valence-electron chi connectivity index (χ2n) is 4.67. The van der Waals surface area contributed by atoms with E-state index < -0.39 is 15.9 Å². The molecule has 2 fully saturated rings. The summed E-state index contributed by atoms with van der Waals surface area (Å²) >= 11 is 0. The quantitative estimate of drug-likeness (QED) is 0.668. The van der Waals surface area contributed by atoms with Gasteiger partial charge in [-0.2, -0.15) is 0 Å². The first-order chi connectivity index (χ1) is 7.96. The van der Waals surface area contributed by atoms with Crippen molar-refractivity contribution in [2.75, 3.05) is 18.1 Å². The standard InChI is InChI=1S/C10H16N2O4S/c13-9-2-1-8(12-9)10(14)11-5-7-3-4-17(15,16)6-7/h7-8H,1-6H2,(H,11,14)(H,12,13). The zero-order valence-electron chi connectivity index (χ0n) is 9.44. The third kappa shape index (κ3) is 3.18. The Morgan fingerprint density at radius 1 is 1.41 bits per heavy atom. The van der Waals surface area contributed by atoms with Gasteiger partial charge in [0.1, 0.15) is 6.04 Å². The van der Waals surface area contributed by atoms with E-state index in [1.54, 1.807) is 0 Å². The van der Waals surface area contributed by atoms with Crippen LogP contribution in [0.3, 0.4) is 0 Å². The number of carbonyl (C=O) groups is 2. The molecule has 2 rings (SSSR count). The second-order valence-corrected chi connectivity index (χ2v) is 6.90. The largest absolute Gasteiger partial charge is 0.354 e. The second kappa shape index (κ2) is 4.64. The van der Waals surface area contributed by atoms with Gasteiger partial charge in [0.05, 0.1) is 11.5 Å². The average Bonchev–Trinajstić information content (AvgIpc) is 2.81. The molecule has 2 atom stereocenters. The number of rotatable bonds is 3. The summed E-state index contributed by atoms with van der Waals surface area (Å²) in [6.45, 7) is 0.379. The molecule has 17 heavy (non-hydrogen) atoms. The molecule has 2 unspecified atom stereocenters. The van der Waals surface area contributed by atoms with Crippen LogP contribution in [-0.4, -0.2) is 44.3 Å². The van der Waals surface area contributed by atoms with Crippen molar-refractivity contribution in [1.29, 1.82) is 0 Å². The van der Waals surface area contributed by atoms with Gasteiger partial charge in [0.15, 0.2) is 9.84 Å². The molecule has 2 heterocycles. The lowest BCUT2D eigenvalue weighted by Gasteiger charge is -2.13. The molecule has 2 saturated heterocycles. The number of hydrogen-bond donors (Lipinski definition) is 2. The highest BCUT2D eigenvalue weighted by Crippen LogP contribution is 2.17. The van der Waals surface area contributed by atoms with E-state index in [9.17, 15) is 18.0 Å². The molecule has 2 amide bonds. The van der Waals surface area contributed by atoms with Crippen LogP contribution >= 0.6 is 0 Å². The summed E-state index contributed by atoms with van der Waals surface area (Å²) in [4.78, 5) is 22.6. The van der Waals surface area contributed by atoms with Crippen LogP contribution in [0.4, 0.5) is 0 Å². The Kier molecular flexibility index (Phi) is 3.37. The molecule has 2 N–H and O–H groups in total. The van der Waals surface area contributed by atoms with Gasteiger partial charge < -0.3 is 10.6 Å². The smallest absolute Gasteiger partial charge is 0.242 e. The summed E-state index contributed by atoms with van der Waals surface area (Å²) < 4.78 is 22.4. The molecule has 7 heteroatoms. The normalized spacial score (nSPS) is 31.2. The predicted octanol–water partition coefficient (Wildman–Crippen LogP) is -1.18. The monoisotopic (exact) mass is 260 g/mol. The Labute approximate surface area is 100 Å². The molecule has 0 aromatic carbocycles. The van der Waals surface area contributed by atoms with Crippen molar-refractivity contribution in [2.24, 2.45) is 5.92 Å². The number of sulfone groups is 1. The van der Waals surface area contributed by atoms with Crippen molar-refractivity contribution < 1.29 is 18.0 Å². The molecule has 2 aliphatic heterocycles. The van der Waals surface area contributed by atoms with Crippen LogP contribution in [0.5, 0.6) is 0 Å². The van der Waals surface area contributed by atoms with Crippen LogP contribution in [0, 0.1) is 5.92 Å². The van der Waals surface area contributed by atoms with Gasteiger partial charge in [-0.25, -0.2) is 8.42 Å². The van der Waals surface area contributed by atoms with Crippen LogP contribution in [-0.2, 0) is 19.4 Å². The Morgan fingerprint density at radius 2 is 2.18 bits per heavy atom. The van der Waals surface area contributed by atoms with E-state index >= 15 is 0 Å². The third-order valence-electron chi connectivity index (χ3n) is 3.20. The lowest BCUT2D eigenvalue weighted by molar-refractivity contribution is -0.125. The van der Waals surface area contributed by atoms with Crippen LogP contribution in [0.25, 0.3) is 0 Å². The first-order valence-corrected chi connectivity index (χ1v) is 7.56. The minimum atomic E-state index is -2.89. The van der Waals surface area contributed by atoms with E-state index in [1.807, 2.05) is 0 Å². The highest BCUT2D eigenvalue weighted by Gasteiger charge is 2.30. The molecule has 0 aliphatic carbocycles. The molecule has 0 bridgehead atoms. The van der Waals surface area contributed by atoms with Crippen molar-refractivity contribution in [2.45, 2.75) is 25.3 Å². The van der Waals surface area contributed by atoms with Gasteiger partial charge >= 0.3 is 0 Å². The lowest BCUT2D eigenvalue weighted by atomic mass is 10.1. The molecular formula is C10H16N2O4S. The van der Waals surface area contributed by atoms with Gasteiger partial charge in [0, 0.05) is 13.0 Å². The van der Waals surface area contributed by atoms with Crippen molar-refractivity contribution in [3.05, 3.63) is 0 Å². The Morgan fingerprint density at radius 3 is 2.71 bits per heavy atom.